The van der Waals surface area contributed by atoms with Gasteiger partial charge in [0.2, 0.25) is 0 Å². The number of rotatable bonds is 6. The van der Waals surface area contributed by atoms with Crippen LogP contribution in [-0.4, -0.2) is 70.3 Å². The van der Waals surface area contributed by atoms with E-state index in [4.69, 9.17) is 4.74 Å². The zero-order valence-corrected chi connectivity index (χ0v) is 19.5. The first-order valence-electron chi connectivity index (χ1n) is 11.5. The van der Waals surface area contributed by atoms with Crippen molar-refractivity contribution in [3.63, 3.8) is 0 Å². The number of nitrogens with one attached hydrogen (secondary N) is 1. The Hall–Kier alpha value is -4.21. The largest absolute Gasteiger partial charge is 0.451 e. The van der Waals surface area contributed by atoms with Gasteiger partial charge in [-0.05, 0) is 24.6 Å². The van der Waals surface area contributed by atoms with Crippen LogP contribution in [0.4, 0.5) is 10.5 Å². The van der Waals surface area contributed by atoms with Crippen molar-refractivity contribution in [2.75, 3.05) is 38.1 Å². The summed E-state index contributed by atoms with van der Waals surface area (Å²) in [4.78, 5) is 53.7. The zero-order chi connectivity index (χ0) is 24.8. The van der Waals surface area contributed by atoms with Gasteiger partial charge in [-0.15, -0.1) is 0 Å². The summed E-state index contributed by atoms with van der Waals surface area (Å²) in [5.41, 5.74) is 0.433. The number of hydrogen-bond donors (Lipinski definition) is 1. The number of esters is 1. The van der Waals surface area contributed by atoms with E-state index in [1.807, 2.05) is 25.1 Å². The zero-order valence-electron chi connectivity index (χ0n) is 19.5. The summed E-state index contributed by atoms with van der Waals surface area (Å²) in [5, 5.41) is 7.79. The number of nitrogens with zero attached hydrogens (tertiary/aromatic N) is 4. The molecule has 1 aliphatic rings. The Morgan fingerprint density at radius 2 is 1.54 bits per heavy atom. The highest BCUT2D eigenvalue weighted by Gasteiger charge is 2.26. The maximum absolute atomic E-state index is 12.8. The van der Waals surface area contributed by atoms with Gasteiger partial charge in [0.05, 0.1) is 5.39 Å². The van der Waals surface area contributed by atoms with Crippen LogP contribution >= 0.6 is 0 Å². The third-order valence-corrected chi connectivity index (χ3v) is 5.77. The molecule has 0 radical (unpaired) electrons. The van der Waals surface area contributed by atoms with E-state index in [1.165, 1.54) is 4.68 Å². The maximum atomic E-state index is 12.8. The predicted molar refractivity (Wildman–Crippen MR) is 130 cm³/mol. The minimum atomic E-state index is -0.764. The third kappa shape index (κ3) is 5.48. The fourth-order valence-corrected chi connectivity index (χ4v) is 3.92. The highest BCUT2D eigenvalue weighted by molar-refractivity contribution is 6.02. The summed E-state index contributed by atoms with van der Waals surface area (Å²) in [6.45, 7) is 3.23. The van der Waals surface area contributed by atoms with Crippen molar-refractivity contribution in [2.24, 2.45) is 0 Å². The van der Waals surface area contributed by atoms with Crippen LogP contribution in [0.25, 0.3) is 10.8 Å². The Balaban J connectivity index is 1.34. The number of fused-ring (bicyclic) bond motifs is 1. The van der Waals surface area contributed by atoms with Crippen molar-refractivity contribution >= 4 is 34.4 Å². The molecule has 3 amide bonds. The monoisotopic (exact) mass is 477 g/mol. The molecule has 0 saturated carbocycles. The van der Waals surface area contributed by atoms with Crippen molar-refractivity contribution in [3.05, 3.63) is 70.6 Å². The fourth-order valence-electron chi connectivity index (χ4n) is 3.92. The van der Waals surface area contributed by atoms with Crippen LogP contribution in [0, 0.1) is 0 Å². The summed E-state index contributed by atoms with van der Waals surface area (Å²) in [6, 6.07) is 15.6. The summed E-state index contributed by atoms with van der Waals surface area (Å²) in [5.74, 6) is -1.12. The molecule has 1 fully saturated rings. The number of amides is 3. The molecule has 35 heavy (non-hydrogen) atoms. The first-order valence-corrected chi connectivity index (χ1v) is 11.5. The van der Waals surface area contributed by atoms with Crippen LogP contribution in [-0.2, 0) is 16.1 Å². The van der Waals surface area contributed by atoms with Gasteiger partial charge in [-0.3, -0.25) is 9.59 Å². The van der Waals surface area contributed by atoms with Gasteiger partial charge < -0.3 is 19.9 Å². The normalized spacial score (nSPS) is 13.5. The van der Waals surface area contributed by atoms with E-state index in [9.17, 15) is 19.2 Å². The molecule has 4 rings (SSSR count). The van der Waals surface area contributed by atoms with Crippen LogP contribution < -0.4 is 10.9 Å². The lowest BCUT2D eigenvalue weighted by atomic mass is 10.1. The molecule has 1 aromatic heterocycles. The molecule has 182 valence electrons. The number of hydrogen-bond acceptors (Lipinski definition) is 6. The van der Waals surface area contributed by atoms with Gasteiger partial charge in [0.15, 0.2) is 12.3 Å². The summed E-state index contributed by atoms with van der Waals surface area (Å²) in [7, 11) is 0. The molecule has 0 atom stereocenters. The molecule has 1 N–H and O–H groups in total. The van der Waals surface area contributed by atoms with Crippen LogP contribution in [0.1, 0.15) is 23.8 Å². The molecule has 0 aliphatic carbocycles. The molecule has 10 heteroatoms. The number of benzene rings is 2. The summed E-state index contributed by atoms with van der Waals surface area (Å²) in [6.07, 6.45) is 0.674. The standard InChI is InChI=1S/C25H27N5O5/c1-2-12-30-23(32)20-11-7-6-10-19(20)22(27-30)24(33)35-17-21(31)28-13-15-29(16-14-28)25(34)26-18-8-4-3-5-9-18/h3-11H,2,12-17H2,1H3,(H,26,34). The Bertz CT molecular complexity index is 1280. The molecule has 2 aromatic carbocycles. The predicted octanol–water partition coefficient (Wildman–Crippen LogP) is 2.34. The van der Waals surface area contributed by atoms with Gasteiger partial charge in [0.1, 0.15) is 0 Å². The molecule has 10 nitrogen and oxygen atoms in total. The van der Waals surface area contributed by atoms with E-state index in [1.54, 1.807) is 46.2 Å². The number of anilines is 1. The van der Waals surface area contributed by atoms with E-state index >= 15 is 0 Å². The molecule has 1 saturated heterocycles. The minimum Gasteiger partial charge on any atom is -0.451 e. The fraction of sp³-hybridized carbons (Fsp3) is 0.320. The molecule has 2 heterocycles. The molecule has 0 unspecified atom stereocenters. The number of urea groups is 1. The number of carbonyl (C=O) groups excluding carboxylic acids is 3. The van der Waals surface area contributed by atoms with E-state index in [0.717, 1.165) is 0 Å². The number of ether oxygens (including phenoxy) is 1. The number of para-hydroxylation sites is 1. The van der Waals surface area contributed by atoms with Crippen molar-refractivity contribution in [1.82, 2.24) is 19.6 Å². The van der Waals surface area contributed by atoms with Crippen molar-refractivity contribution in [1.29, 1.82) is 0 Å². The molecule has 3 aromatic rings. The maximum Gasteiger partial charge on any atom is 0.359 e. The Morgan fingerprint density at radius 1 is 0.914 bits per heavy atom. The van der Waals surface area contributed by atoms with E-state index in [0.29, 0.717) is 55.6 Å². The van der Waals surface area contributed by atoms with Crippen molar-refractivity contribution in [2.45, 2.75) is 19.9 Å². The molecule has 1 aliphatic heterocycles. The van der Waals surface area contributed by atoms with Gasteiger partial charge in [-0.25, -0.2) is 14.3 Å². The molecule has 0 bridgehead atoms. The summed E-state index contributed by atoms with van der Waals surface area (Å²) < 4.78 is 6.53. The summed E-state index contributed by atoms with van der Waals surface area (Å²) >= 11 is 0. The average molecular weight is 478 g/mol. The topological polar surface area (TPSA) is 114 Å². The highest BCUT2D eigenvalue weighted by Crippen LogP contribution is 2.15. The van der Waals surface area contributed by atoms with E-state index < -0.39 is 12.6 Å². The number of aryl methyl sites for hydroxylation is 1. The van der Waals surface area contributed by atoms with Crippen molar-refractivity contribution < 1.29 is 19.1 Å². The van der Waals surface area contributed by atoms with Crippen LogP contribution in [0.5, 0.6) is 0 Å². The van der Waals surface area contributed by atoms with E-state index in [2.05, 4.69) is 10.4 Å². The lowest BCUT2D eigenvalue weighted by Crippen LogP contribution is -2.52. The number of aromatic nitrogens is 2. The average Bonchev–Trinajstić information content (AvgIpc) is 2.89. The second-order valence-corrected chi connectivity index (χ2v) is 8.16. The molecular weight excluding hydrogens is 450 g/mol. The van der Waals surface area contributed by atoms with Crippen molar-refractivity contribution in [3.8, 4) is 0 Å². The van der Waals surface area contributed by atoms with Gasteiger partial charge in [-0.2, -0.15) is 5.10 Å². The van der Waals surface area contributed by atoms with Crippen LogP contribution in [0.2, 0.25) is 0 Å². The second kappa shape index (κ2) is 10.8. The van der Waals surface area contributed by atoms with Crippen LogP contribution in [0.3, 0.4) is 0 Å². The molecule has 0 spiro atoms. The van der Waals surface area contributed by atoms with Gasteiger partial charge in [-0.1, -0.05) is 43.3 Å². The van der Waals surface area contributed by atoms with Gasteiger partial charge >= 0.3 is 12.0 Å². The smallest absolute Gasteiger partial charge is 0.359 e. The SMILES string of the molecule is CCCn1nc(C(=O)OCC(=O)N2CCN(C(=O)Nc3ccccc3)CC2)c2ccccc2c1=O. The van der Waals surface area contributed by atoms with Crippen LogP contribution in [0.15, 0.2) is 59.4 Å². The van der Waals surface area contributed by atoms with Gasteiger partial charge in [0, 0.05) is 43.8 Å². The Morgan fingerprint density at radius 3 is 2.23 bits per heavy atom. The minimum absolute atomic E-state index is 0.00357. The lowest BCUT2D eigenvalue weighted by molar-refractivity contribution is -0.135. The molecular formula is C25H27N5O5. The second-order valence-electron chi connectivity index (χ2n) is 8.16. The number of piperazine rings is 1. The Labute approximate surface area is 202 Å². The first-order chi connectivity index (χ1) is 17.0. The highest BCUT2D eigenvalue weighted by atomic mass is 16.5. The quantitative estimate of drug-likeness (QED) is 0.545. The number of carbonyl (C=O) groups is 3. The third-order valence-electron chi connectivity index (χ3n) is 5.77. The lowest BCUT2D eigenvalue weighted by Gasteiger charge is -2.34. The Kier molecular flexibility index (Phi) is 7.39. The van der Waals surface area contributed by atoms with E-state index in [-0.39, 0.29) is 23.2 Å². The first kappa shape index (κ1) is 23.9. The van der Waals surface area contributed by atoms with Gasteiger partial charge in [0.25, 0.3) is 11.5 Å².